The maximum absolute atomic E-state index is 9.10. The molecule has 0 saturated heterocycles. The fraction of sp³-hybridized carbons (Fsp3) is 0.375. The van der Waals surface area contributed by atoms with Crippen molar-refractivity contribution < 1.29 is 9.84 Å². The highest BCUT2D eigenvalue weighted by molar-refractivity contribution is 6.29. The van der Waals surface area contributed by atoms with Gasteiger partial charge in [0.1, 0.15) is 16.7 Å². The van der Waals surface area contributed by atoms with Gasteiger partial charge >= 0.3 is 0 Å². The maximum atomic E-state index is 9.10. The summed E-state index contributed by atoms with van der Waals surface area (Å²) in [6.07, 6.45) is 0.529. The Hall–Kier alpha value is -1.65. The Labute approximate surface area is 129 Å². The van der Waals surface area contributed by atoms with Gasteiger partial charge in [0.2, 0.25) is 5.88 Å². The molecule has 0 spiro atoms. The van der Waals surface area contributed by atoms with Crippen molar-refractivity contribution >= 4 is 11.6 Å². The molecule has 1 aromatic heterocycles. The molecule has 0 fully saturated rings. The van der Waals surface area contributed by atoms with E-state index in [4.69, 9.17) is 21.4 Å². The van der Waals surface area contributed by atoms with E-state index < -0.39 is 0 Å². The van der Waals surface area contributed by atoms with Crippen LogP contribution in [0.4, 0.5) is 0 Å². The standard InChI is InChI=1S/C16H19ClN2O2/c1-16(2,3)15-18-13(17)10-14(19-15)21-12-7-5-4-6-11(12)8-9-20/h4-7,10,20H,8-9H2,1-3H3. The fourth-order valence-corrected chi connectivity index (χ4v) is 2.00. The van der Waals surface area contributed by atoms with Crippen molar-refractivity contribution in [2.45, 2.75) is 32.6 Å². The van der Waals surface area contributed by atoms with E-state index in [9.17, 15) is 0 Å². The Morgan fingerprint density at radius 3 is 2.57 bits per heavy atom. The second kappa shape index (κ2) is 6.41. The van der Waals surface area contributed by atoms with E-state index in [2.05, 4.69) is 9.97 Å². The van der Waals surface area contributed by atoms with Gasteiger partial charge in [0.05, 0.1) is 0 Å². The minimum absolute atomic E-state index is 0.0676. The highest BCUT2D eigenvalue weighted by atomic mass is 35.5. The van der Waals surface area contributed by atoms with Crippen LogP contribution in [-0.2, 0) is 11.8 Å². The Kier molecular flexibility index (Phi) is 4.80. The van der Waals surface area contributed by atoms with Gasteiger partial charge in [-0.2, -0.15) is 4.98 Å². The van der Waals surface area contributed by atoms with Gasteiger partial charge in [0.25, 0.3) is 0 Å². The molecule has 0 unspecified atom stereocenters. The summed E-state index contributed by atoms with van der Waals surface area (Å²) in [6, 6.07) is 9.14. The van der Waals surface area contributed by atoms with E-state index in [1.165, 1.54) is 0 Å². The maximum Gasteiger partial charge on any atom is 0.224 e. The van der Waals surface area contributed by atoms with Crippen LogP contribution in [0.5, 0.6) is 11.6 Å². The van der Waals surface area contributed by atoms with Crippen LogP contribution in [0.1, 0.15) is 32.2 Å². The van der Waals surface area contributed by atoms with Crippen LogP contribution in [0.3, 0.4) is 0 Å². The highest BCUT2D eigenvalue weighted by Crippen LogP contribution is 2.28. The molecule has 0 aliphatic rings. The van der Waals surface area contributed by atoms with Gasteiger partial charge in [-0.1, -0.05) is 50.6 Å². The van der Waals surface area contributed by atoms with Crippen molar-refractivity contribution in [2.24, 2.45) is 0 Å². The predicted molar refractivity (Wildman–Crippen MR) is 83.0 cm³/mol. The summed E-state index contributed by atoms with van der Waals surface area (Å²) in [5.74, 6) is 1.70. The summed E-state index contributed by atoms with van der Waals surface area (Å²) in [7, 11) is 0. The zero-order valence-corrected chi connectivity index (χ0v) is 13.2. The Morgan fingerprint density at radius 2 is 1.90 bits per heavy atom. The molecule has 1 aromatic carbocycles. The van der Waals surface area contributed by atoms with Gasteiger partial charge in [0, 0.05) is 18.1 Å². The third kappa shape index (κ3) is 4.16. The molecule has 5 heteroatoms. The normalized spacial score (nSPS) is 11.5. The van der Waals surface area contributed by atoms with Crippen molar-refractivity contribution in [3.63, 3.8) is 0 Å². The van der Waals surface area contributed by atoms with Gasteiger partial charge in [-0.3, -0.25) is 0 Å². The fourth-order valence-electron chi connectivity index (χ4n) is 1.83. The van der Waals surface area contributed by atoms with E-state index in [0.29, 0.717) is 29.0 Å². The number of halogens is 1. The third-order valence-corrected chi connectivity index (χ3v) is 3.10. The lowest BCUT2D eigenvalue weighted by Gasteiger charge is -2.18. The second-order valence-corrected chi connectivity index (χ2v) is 6.17. The molecule has 0 atom stereocenters. The Balaban J connectivity index is 2.34. The van der Waals surface area contributed by atoms with Crippen molar-refractivity contribution in [2.75, 3.05) is 6.61 Å². The average Bonchev–Trinajstić information content (AvgIpc) is 2.40. The molecule has 1 N–H and O–H groups in total. The number of hydrogen-bond donors (Lipinski definition) is 1. The van der Waals surface area contributed by atoms with Crippen molar-refractivity contribution in [3.8, 4) is 11.6 Å². The number of para-hydroxylation sites is 1. The molecule has 0 amide bonds. The molecule has 0 bridgehead atoms. The zero-order valence-electron chi connectivity index (χ0n) is 12.4. The van der Waals surface area contributed by atoms with Crippen LogP contribution in [-0.4, -0.2) is 21.7 Å². The number of nitrogens with zero attached hydrogens (tertiary/aromatic N) is 2. The van der Waals surface area contributed by atoms with Gasteiger partial charge in [0.15, 0.2) is 0 Å². The highest BCUT2D eigenvalue weighted by Gasteiger charge is 2.19. The van der Waals surface area contributed by atoms with E-state index >= 15 is 0 Å². The van der Waals surface area contributed by atoms with Crippen LogP contribution in [0, 0.1) is 0 Å². The monoisotopic (exact) mass is 306 g/mol. The number of aliphatic hydroxyl groups excluding tert-OH is 1. The topological polar surface area (TPSA) is 55.2 Å². The lowest BCUT2D eigenvalue weighted by Crippen LogP contribution is -2.16. The molecule has 2 rings (SSSR count). The zero-order chi connectivity index (χ0) is 15.5. The van der Waals surface area contributed by atoms with Crippen LogP contribution >= 0.6 is 11.6 Å². The summed E-state index contributed by atoms with van der Waals surface area (Å²) in [5.41, 5.74) is 0.709. The summed E-state index contributed by atoms with van der Waals surface area (Å²) in [5, 5.41) is 9.45. The van der Waals surface area contributed by atoms with Gasteiger partial charge in [-0.05, 0) is 18.1 Å². The first-order valence-corrected chi connectivity index (χ1v) is 7.19. The molecular formula is C16H19ClN2O2. The van der Waals surface area contributed by atoms with Gasteiger partial charge in [-0.25, -0.2) is 4.98 Å². The summed E-state index contributed by atoms with van der Waals surface area (Å²) in [4.78, 5) is 8.66. The Morgan fingerprint density at radius 1 is 1.19 bits per heavy atom. The lowest BCUT2D eigenvalue weighted by atomic mass is 9.96. The van der Waals surface area contributed by atoms with Crippen LogP contribution in [0.25, 0.3) is 0 Å². The van der Waals surface area contributed by atoms with Crippen molar-refractivity contribution in [1.29, 1.82) is 0 Å². The average molecular weight is 307 g/mol. The molecule has 0 radical (unpaired) electrons. The first-order valence-electron chi connectivity index (χ1n) is 6.82. The van der Waals surface area contributed by atoms with Crippen LogP contribution < -0.4 is 4.74 Å². The summed E-state index contributed by atoms with van der Waals surface area (Å²) >= 11 is 6.05. The largest absolute Gasteiger partial charge is 0.439 e. The minimum atomic E-state index is -0.215. The molecule has 1 heterocycles. The SMILES string of the molecule is CC(C)(C)c1nc(Cl)cc(Oc2ccccc2CCO)n1. The summed E-state index contributed by atoms with van der Waals surface area (Å²) in [6.45, 7) is 6.12. The molecule has 2 aromatic rings. The first kappa shape index (κ1) is 15.7. The van der Waals surface area contributed by atoms with Crippen molar-refractivity contribution in [1.82, 2.24) is 9.97 Å². The number of rotatable bonds is 4. The van der Waals surface area contributed by atoms with Crippen LogP contribution in [0.15, 0.2) is 30.3 Å². The first-order chi connectivity index (χ1) is 9.90. The number of hydrogen-bond acceptors (Lipinski definition) is 4. The van der Waals surface area contributed by atoms with E-state index in [0.717, 1.165) is 5.56 Å². The van der Waals surface area contributed by atoms with Gasteiger partial charge < -0.3 is 9.84 Å². The van der Waals surface area contributed by atoms with Gasteiger partial charge in [-0.15, -0.1) is 0 Å². The molecule has 0 saturated carbocycles. The smallest absolute Gasteiger partial charge is 0.224 e. The summed E-state index contributed by atoms with van der Waals surface area (Å²) < 4.78 is 5.83. The molecule has 112 valence electrons. The Bertz CT molecular complexity index is 624. The third-order valence-electron chi connectivity index (χ3n) is 2.91. The quantitative estimate of drug-likeness (QED) is 0.874. The molecule has 21 heavy (non-hydrogen) atoms. The molecule has 0 aliphatic carbocycles. The van der Waals surface area contributed by atoms with Crippen LogP contribution in [0.2, 0.25) is 5.15 Å². The molecule has 0 aliphatic heterocycles. The molecular weight excluding hydrogens is 288 g/mol. The number of ether oxygens (including phenoxy) is 1. The van der Waals surface area contributed by atoms with Crippen molar-refractivity contribution in [3.05, 3.63) is 46.9 Å². The predicted octanol–water partition coefficient (Wildman–Crippen LogP) is 3.75. The van der Waals surface area contributed by atoms with E-state index in [-0.39, 0.29) is 12.0 Å². The second-order valence-electron chi connectivity index (χ2n) is 5.79. The van der Waals surface area contributed by atoms with E-state index in [1.807, 2.05) is 45.0 Å². The van der Waals surface area contributed by atoms with E-state index in [1.54, 1.807) is 6.07 Å². The number of benzene rings is 1. The number of aliphatic hydroxyl groups is 1. The molecule has 4 nitrogen and oxygen atoms in total. The lowest BCUT2D eigenvalue weighted by molar-refractivity contribution is 0.297. The number of aromatic nitrogens is 2. The minimum Gasteiger partial charge on any atom is -0.439 e.